The Kier molecular flexibility index (Phi) is 4.55. The molecule has 3 rings (SSSR count). The Morgan fingerprint density at radius 3 is 2.12 bits per heavy atom. The van der Waals surface area contributed by atoms with Crippen LogP contribution in [0.5, 0.6) is 0 Å². The Bertz CT molecular complexity index is 875. The molecule has 5 heteroatoms. The zero-order valence-electron chi connectivity index (χ0n) is 15.9. The van der Waals surface area contributed by atoms with Gasteiger partial charge in [0.15, 0.2) is 0 Å². The zero-order valence-corrected chi connectivity index (χ0v) is 17.9. The van der Waals surface area contributed by atoms with E-state index in [0.29, 0.717) is 5.89 Å². The van der Waals surface area contributed by atoms with Crippen LogP contribution < -0.4 is 10.5 Å². The van der Waals surface area contributed by atoms with Crippen molar-refractivity contribution in [2.24, 2.45) is 0 Å². The van der Waals surface area contributed by atoms with Gasteiger partial charge >= 0.3 is 0 Å². The number of rotatable bonds is 4. The molecule has 0 amide bonds. The fourth-order valence-corrected chi connectivity index (χ4v) is 4.48. The molecular formula is C20H26N2OSi2. The standard InChI is InChI=1S/C20H26N2OSi2/c1-24(2,3)16-12-17(20-22-18(14-23-20)25(4,5)6)19(21-13-16)15-10-8-7-9-11-15/h7-14H,1-6H3. The number of aromatic nitrogens is 2. The number of oxazole rings is 1. The highest BCUT2D eigenvalue weighted by Crippen LogP contribution is 2.29. The van der Waals surface area contributed by atoms with Crippen molar-refractivity contribution < 1.29 is 4.42 Å². The number of benzene rings is 1. The van der Waals surface area contributed by atoms with Crippen LogP contribution in [0.3, 0.4) is 0 Å². The van der Waals surface area contributed by atoms with Crippen molar-refractivity contribution in [3.05, 3.63) is 48.9 Å². The van der Waals surface area contributed by atoms with Crippen molar-refractivity contribution >= 4 is 26.7 Å². The average Bonchev–Trinajstić information content (AvgIpc) is 3.04. The van der Waals surface area contributed by atoms with Crippen LogP contribution in [-0.4, -0.2) is 26.1 Å². The lowest BCUT2D eigenvalue weighted by Gasteiger charge is -2.18. The molecule has 0 N–H and O–H groups in total. The summed E-state index contributed by atoms with van der Waals surface area (Å²) in [5.41, 5.74) is 3.02. The summed E-state index contributed by atoms with van der Waals surface area (Å²) in [6, 6.07) is 12.5. The molecule has 130 valence electrons. The van der Waals surface area contributed by atoms with E-state index in [1.54, 1.807) is 0 Å². The van der Waals surface area contributed by atoms with Crippen molar-refractivity contribution in [3.63, 3.8) is 0 Å². The molecule has 25 heavy (non-hydrogen) atoms. The van der Waals surface area contributed by atoms with Crippen LogP contribution in [0.2, 0.25) is 39.3 Å². The van der Waals surface area contributed by atoms with Gasteiger partial charge in [-0.3, -0.25) is 4.98 Å². The average molecular weight is 367 g/mol. The third-order valence-corrected chi connectivity index (χ3v) is 8.08. The molecule has 0 bridgehead atoms. The van der Waals surface area contributed by atoms with Crippen LogP contribution in [0.25, 0.3) is 22.7 Å². The summed E-state index contributed by atoms with van der Waals surface area (Å²) in [6.45, 7) is 13.8. The van der Waals surface area contributed by atoms with E-state index < -0.39 is 16.1 Å². The molecule has 0 aliphatic heterocycles. The first-order chi connectivity index (χ1) is 11.7. The molecule has 0 aliphatic rings. The molecule has 0 radical (unpaired) electrons. The fraction of sp³-hybridized carbons (Fsp3) is 0.300. The van der Waals surface area contributed by atoms with E-state index in [1.807, 2.05) is 30.7 Å². The first-order valence-corrected chi connectivity index (χ1v) is 15.7. The van der Waals surface area contributed by atoms with Crippen LogP contribution in [0.1, 0.15) is 0 Å². The summed E-state index contributed by atoms with van der Waals surface area (Å²) in [7, 11) is -2.98. The first kappa shape index (κ1) is 17.8. The quantitative estimate of drug-likeness (QED) is 0.638. The Morgan fingerprint density at radius 2 is 1.56 bits per heavy atom. The van der Waals surface area contributed by atoms with Crippen molar-refractivity contribution in [2.45, 2.75) is 39.3 Å². The van der Waals surface area contributed by atoms with E-state index in [2.05, 4.69) is 57.5 Å². The van der Waals surface area contributed by atoms with Crippen LogP contribution >= 0.6 is 0 Å². The Balaban J connectivity index is 2.19. The summed E-state index contributed by atoms with van der Waals surface area (Å²) < 4.78 is 5.91. The predicted octanol–water partition coefficient (Wildman–Crippen LogP) is 4.49. The largest absolute Gasteiger partial charge is 0.445 e. The van der Waals surface area contributed by atoms with Gasteiger partial charge in [0.1, 0.15) is 14.3 Å². The summed E-state index contributed by atoms with van der Waals surface area (Å²) in [6.07, 6.45) is 3.86. The van der Waals surface area contributed by atoms with Gasteiger partial charge in [0.05, 0.1) is 24.6 Å². The van der Waals surface area contributed by atoms with Gasteiger partial charge in [0.25, 0.3) is 0 Å². The van der Waals surface area contributed by atoms with E-state index in [4.69, 9.17) is 14.4 Å². The van der Waals surface area contributed by atoms with Gasteiger partial charge in [-0.1, -0.05) is 69.6 Å². The van der Waals surface area contributed by atoms with Gasteiger partial charge in [-0.05, 0) is 11.3 Å². The maximum absolute atomic E-state index is 5.91. The maximum Gasteiger partial charge on any atom is 0.227 e. The number of hydrogen-bond acceptors (Lipinski definition) is 3. The first-order valence-electron chi connectivity index (χ1n) is 8.68. The van der Waals surface area contributed by atoms with Gasteiger partial charge in [0, 0.05) is 11.8 Å². The normalized spacial score (nSPS) is 12.4. The van der Waals surface area contributed by atoms with E-state index in [9.17, 15) is 0 Å². The second kappa shape index (κ2) is 6.39. The molecule has 0 aliphatic carbocycles. The third-order valence-electron chi connectivity index (χ3n) is 4.30. The van der Waals surface area contributed by atoms with Crippen molar-refractivity contribution in [3.8, 4) is 22.7 Å². The molecule has 3 nitrogen and oxygen atoms in total. The van der Waals surface area contributed by atoms with Crippen LogP contribution in [0, 0.1) is 0 Å². The second-order valence-corrected chi connectivity index (χ2v) is 18.6. The van der Waals surface area contributed by atoms with Gasteiger partial charge in [0.2, 0.25) is 5.89 Å². The summed E-state index contributed by atoms with van der Waals surface area (Å²) in [5.74, 6) is 0.684. The minimum atomic E-state index is -1.51. The van der Waals surface area contributed by atoms with Gasteiger partial charge in [-0.15, -0.1) is 0 Å². The second-order valence-electron chi connectivity index (χ2n) is 8.52. The lowest BCUT2D eigenvalue weighted by molar-refractivity contribution is 0.575. The number of nitrogens with zero attached hydrogens (tertiary/aromatic N) is 2. The molecule has 0 unspecified atom stereocenters. The molecule has 0 saturated carbocycles. The van der Waals surface area contributed by atoms with E-state index >= 15 is 0 Å². The summed E-state index contributed by atoms with van der Waals surface area (Å²) in [4.78, 5) is 9.64. The topological polar surface area (TPSA) is 38.9 Å². The van der Waals surface area contributed by atoms with Crippen molar-refractivity contribution in [2.75, 3.05) is 0 Å². The predicted molar refractivity (Wildman–Crippen MR) is 111 cm³/mol. The SMILES string of the molecule is C[Si](C)(C)c1cnc(-c2ccccc2)c(-c2nc([Si](C)(C)C)co2)c1. The minimum absolute atomic E-state index is 0.684. The molecule has 0 saturated heterocycles. The highest BCUT2D eigenvalue weighted by Gasteiger charge is 2.25. The number of pyridine rings is 1. The minimum Gasteiger partial charge on any atom is -0.445 e. The van der Waals surface area contributed by atoms with E-state index in [-0.39, 0.29) is 0 Å². The number of hydrogen-bond donors (Lipinski definition) is 0. The Morgan fingerprint density at radius 1 is 0.880 bits per heavy atom. The van der Waals surface area contributed by atoms with Crippen LogP contribution in [0.4, 0.5) is 0 Å². The summed E-state index contributed by atoms with van der Waals surface area (Å²) >= 11 is 0. The van der Waals surface area contributed by atoms with Crippen LogP contribution in [0.15, 0.2) is 53.3 Å². The molecule has 2 aromatic heterocycles. The smallest absolute Gasteiger partial charge is 0.227 e. The Labute approximate surface area is 152 Å². The molecular weight excluding hydrogens is 340 g/mol. The van der Waals surface area contributed by atoms with Crippen molar-refractivity contribution in [1.82, 2.24) is 9.97 Å². The molecule has 0 fully saturated rings. The van der Waals surface area contributed by atoms with Crippen molar-refractivity contribution in [1.29, 1.82) is 0 Å². The van der Waals surface area contributed by atoms with E-state index in [1.165, 1.54) is 5.19 Å². The zero-order chi connectivity index (χ0) is 18.2. The Hall–Kier alpha value is -1.99. The lowest BCUT2D eigenvalue weighted by atomic mass is 10.1. The van der Waals surface area contributed by atoms with Crippen LogP contribution in [-0.2, 0) is 0 Å². The third kappa shape index (κ3) is 3.82. The fourth-order valence-electron chi connectivity index (χ4n) is 2.61. The highest BCUT2D eigenvalue weighted by atomic mass is 28.3. The monoisotopic (exact) mass is 366 g/mol. The molecule has 0 spiro atoms. The lowest BCUT2D eigenvalue weighted by Crippen LogP contribution is -2.38. The molecule has 0 atom stereocenters. The molecule has 1 aromatic carbocycles. The van der Waals surface area contributed by atoms with Gasteiger partial charge < -0.3 is 4.42 Å². The van der Waals surface area contributed by atoms with Gasteiger partial charge in [-0.2, -0.15) is 0 Å². The van der Waals surface area contributed by atoms with Gasteiger partial charge in [-0.25, -0.2) is 4.98 Å². The maximum atomic E-state index is 5.91. The molecule has 3 aromatic rings. The summed E-state index contributed by atoms with van der Waals surface area (Å²) in [5, 5.41) is 2.41. The highest BCUT2D eigenvalue weighted by molar-refractivity contribution is 6.89. The van der Waals surface area contributed by atoms with E-state index in [0.717, 1.165) is 22.1 Å². The molecule has 2 heterocycles.